The number of hydrogen-bond acceptors (Lipinski definition) is 7. The van der Waals surface area contributed by atoms with E-state index in [1.165, 1.54) is 19.0 Å². The SMILES string of the molecule is COC(=O)/C=C(/Nc1ccc2nn(C)nc2c1)C(=O)OC. The van der Waals surface area contributed by atoms with E-state index in [2.05, 4.69) is 25.0 Å². The molecule has 0 unspecified atom stereocenters. The maximum atomic E-state index is 11.6. The predicted octanol–water partition coefficient (Wildman–Crippen LogP) is 0.610. The Kier molecular flexibility index (Phi) is 4.17. The first kappa shape index (κ1) is 14.5. The summed E-state index contributed by atoms with van der Waals surface area (Å²) in [5, 5.41) is 11.1. The highest BCUT2D eigenvalue weighted by Gasteiger charge is 2.13. The molecule has 1 aromatic carbocycles. The van der Waals surface area contributed by atoms with Gasteiger partial charge in [0.15, 0.2) is 0 Å². The standard InChI is InChI=1S/C13H14N4O4/c1-17-15-9-5-4-8(6-10(9)16-17)14-11(13(19)21-3)7-12(18)20-2/h4-7,14H,1-3H3/b11-7+. The smallest absolute Gasteiger partial charge is 0.354 e. The van der Waals surface area contributed by atoms with Crippen LogP contribution in [0.15, 0.2) is 30.0 Å². The minimum absolute atomic E-state index is 0.0346. The van der Waals surface area contributed by atoms with Crippen molar-refractivity contribution in [3.8, 4) is 0 Å². The van der Waals surface area contributed by atoms with Gasteiger partial charge in [0.05, 0.1) is 20.3 Å². The van der Waals surface area contributed by atoms with Crippen LogP contribution in [-0.4, -0.2) is 41.2 Å². The second-order valence-corrected chi connectivity index (χ2v) is 4.09. The van der Waals surface area contributed by atoms with Crippen molar-refractivity contribution in [2.24, 2.45) is 7.05 Å². The van der Waals surface area contributed by atoms with Crippen LogP contribution in [0.25, 0.3) is 11.0 Å². The van der Waals surface area contributed by atoms with Gasteiger partial charge < -0.3 is 14.8 Å². The van der Waals surface area contributed by atoms with Gasteiger partial charge in [-0.25, -0.2) is 9.59 Å². The summed E-state index contributed by atoms with van der Waals surface area (Å²) in [5.74, 6) is -1.34. The second-order valence-electron chi connectivity index (χ2n) is 4.09. The molecule has 1 aromatic heterocycles. The van der Waals surface area contributed by atoms with Gasteiger partial charge in [-0.15, -0.1) is 0 Å². The van der Waals surface area contributed by atoms with Crippen molar-refractivity contribution >= 4 is 28.7 Å². The number of anilines is 1. The van der Waals surface area contributed by atoms with E-state index in [9.17, 15) is 9.59 Å². The Morgan fingerprint density at radius 3 is 2.57 bits per heavy atom. The number of hydrogen-bond donors (Lipinski definition) is 1. The van der Waals surface area contributed by atoms with Crippen molar-refractivity contribution in [1.82, 2.24) is 15.0 Å². The van der Waals surface area contributed by atoms with Crippen LogP contribution >= 0.6 is 0 Å². The van der Waals surface area contributed by atoms with E-state index in [1.807, 2.05) is 0 Å². The summed E-state index contributed by atoms with van der Waals surface area (Å²) in [6, 6.07) is 5.17. The summed E-state index contributed by atoms with van der Waals surface area (Å²) in [5.41, 5.74) is 1.92. The summed E-state index contributed by atoms with van der Waals surface area (Å²) in [6.45, 7) is 0. The van der Waals surface area contributed by atoms with Crippen molar-refractivity contribution in [1.29, 1.82) is 0 Å². The third-order valence-corrected chi connectivity index (χ3v) is 2.63. The van der Waals surface area contributed by atoms with Crippen LogP contribution in [0.4, 0.5) is 5.69 Å². The first-order valence-corrected chi connectivity index (χ1v) is 5.99. The number of esters is 2. The molecule has 21 heavy (non-hydrogen) atoms. The van der Waals surface area contributed by atoms with E-state index < -0.39 is 11.9 Å². The Morgan fingerprint density at radius 1 is 1.19 bits per heavy atom. The van der Waals surface area contributed by atoms with Crippen LogP contribution in [0.1, 0.15) is 0 Å². The second kappa shape index (κ2) is 6.04. The highest BCUT2D eigenvalue weighted by molar-refractivity contribution is 5.99. The minimum atomic E-state index is -0.681. The first-order valence-electron chi connectivity index (χ1n) is 5.99. The number of nitrogens with one attached hydrogen (secondary N) is 1. The van der Waals surface area contributed by atoms with Gasteiger partial charge in [0.1, 0.15) is 16.7 Å². The molecule has 0 radical (unpaired) electrons. The molecule has 0 aliphatic rings. The average molecular weight is 290 g/mol. The van der Waals surface area contributed by atoms with Crippen LogP contribution in [-0.2, 0) is 26.1 Å². The van der Waals surface area contributed by atoms with Gasteiger partial charge in [-0.3, -0.25) is 0 Å². The summed E-state index contributed by atoms with van der Waals surface area (Å²) in [4.78, 5) is 24.4. The Balaban J connectivity index is 2.31. The highest BCUT2D eigenvalue weighted by Crippen LogP contribution is 2.17. The fourth-order valence-corrected chi connectivity index (χ4v) is 1.69. The number of aryl methyl sites for hydroxylation is 1. The van der Waals surface area contributed by atoms with E-state index in [0.29, 0.717) is 11.2 Å². The zero-order valence-electron chi connectivity index (χ0n) is 11.8. The Bertz CT molecular complexity index is 720. The molecule has 8 nitrogen and oxygen atoms in total. The molecule has 0 saturated heterocycles. The first-order chi connectivity index (χ1) is 10.0. The molecule has 0 amide bonds. The van der Waals surface area contributed by atoms with E-state index in [4.69, 9.17) is 0 Å². The normalized spacial score (nSPS) is 11.3. The summed E-state index contributed by atoms with van der Waals surface area (Å²) >= 11 is 0. The van der Waals surface area contributed by atoms with Crippen molar-refractivity contribution in [3.63, 3.8) is 0 Å². The van der Waals surface area contributed by atoms with Crippen molar-refractivity contribution in [3.05, 3.63) is 30.0 Å². The van der Waals surface area contributed by atoms with E-state index >= 15 is 0 Å². The van der Waals surface area contributed by atoms with Gasteiger partial charge in [0, 0.05) is 12.7 Å². The Hall–Kier alpha value is -2.90. The maximum Gasteiger partial charge on any atom is 0.354 e. The molecule has 110 valence electrons. The van der Waals surface area contributed by atoms with Crippen molar-refractivity contribution in [2.75, 3.05) is 19.5 Å². The van der Waals surface area contributed by atoms with Crippen LogP contribution in [0.2, 0.25) is 0 Å². The van der Waals surface area contributed by atoms with Crippen molar-refractivity contribution < 1.29 is 19.1 Å². The number of ether oxygens (including phenoxy) is 2. The topological polar surface area (TPSA) is 95.3 Å². The number of rotatable bonds is 4. The average Bonchev–Trinajstić information content (AvgIpc) is 2.84. The van der Waals surface area contributed by atoms with Crippen LogP contribution in [0, 0.1) is 0 Å². The number of fused-ring (bicyclic) bond motifs is 1. The van der Waals surface area contributed by atoms with Crippen LogP contribution < -0.4 is 5.32 Å². The van der Waals surface area contributed by atoms with Crippen molar-refractivity contribution in [2.45, 2.75) is 0 Å². The van der Waals surface area contributed by atoms with E-state index in [1.54, 1.807) is 25.2 Å². The zero-order valence-corrected chi connectivity index (χ0v) is 11.8. The minimum Gasteiger partial charge on any atom is -0.466 e. The van der Waals surface area contributed by atoms with Crippen LogP contribution in [0.5, 0.6) is 0 Å². The molecule has 1 heterocycles. The van der Waals surface area contributed by atoms with Gasteiger partial charge in [0.2, 0.25) is 0 Å². The fourth-order valence-electron chi connectivity index (χ4n) is 1.69. The van der Waals surface area contributed by atoms with Gasteiger partial charge in [0.25, 0.3) is 0 Å². The fraction of sp³-hybridized carbons (Fsp3) is 0.231. The zero-order chi connectivity index (χ0) is 15.4. The predicted molar refractivity (Wildman–Crippen MR) is 74.2 cm³/mol. The van der Waals surface area contributed by atoms with Gasteiger partial charge in [-0.2, -0.15) is 15.0 Å². The lowest BCUT2D eigenvalue weighted by molar-refractivity contribution is -0.138. The summed E-state index contributed by atoms with van der Waals surface area (Å²) < 4.78 is 9.11. The number of methoxy groups -OCH3 is 2. The van der Waals surface area contributed by atoms with E-state index in [0.717, 1.165) is 11.6 Å². The molecule has 0 aliphatic heterocycles. The summed E-state index contributed by atoms with van der Waals surface area (Å²) in [6.07, 6.45) is 1.02. The lowest BCUT2D eigenvalue weighted by atomic mass is 10.2. The molecular formula is C13H14N4O4. The quantitative estimate of drug-likeness (QED) is 0.651. The number of carbonyl (C=O) groups is 2. The molecule has 0 aliphatic carbocycles. The van der Waals surface area contributed by atoms with E-state index in [-0.39, 0.29) is 5.70 Å². The molecule has 0 bridgehead atoms. The third kappa shape index (κ3) is 3.35. The largest absolute Gasteiger partial charge is 0.466 e. The number of benzene rings is 1. The molecule has 0 atom stereocenters. The number of carbonyl (C=O) groups excluding carboxylic acids is 2. The molecule has 0 spiro atoms. The molecule has 0 fully saturated rings. The number of aromatic nitrogens is 3. The molecule has 0 saturated carbocycles. The lowest BCUT2D eigenvalue weighted by Crippen LogP contribution is -2.15. The highest BCUT2D eigenvalue weighted by atomic mass is 16.5. The molecule has 1 N–H and O–H groups in total. The Labute approximate surface area is 120 Å². The van der Waals surface area contributed by atoms with Gasteiger partial charge in [-0.1, -0.05) is 0 Å². The number of nitrogens with zero attached hydrogens (tertiary/aromatic N) is 3. The summed E-state index contributed by atoms with van der Waals surface area (Å²) in [7, 11) is 4.16. The van der Waals surface area contributed by atoms with Gasteiger partial charge in [-0.05, 0) is 18.2 Å². The lowest BCUT2D eigenvalue weighted by Gasteiger charge is -2.08. The third-order valence-electron chi connectivity index (χ3n) is 2.63. The molecule has 2 aromatic rings. The molecule has 2 rings (SSSR count). The Morgan fingerprint density at radius 2 is 1.90 bits per heavy atom. The van der Waals surface area contributed by atoms with Gasteiger partial charge >= 0.3 is 11.9 Å². The van der Waals surface area contributed by atoms with Crippen LogP contribution in [0.3, 0.4) is 0 Å². The maximum absolute atomic E-state index is 11.6. The molecule has 8 heteroatoms. The monoisotopic (exact) mass is 290 g/mol. The molecular weight excluding hydrogens is 276 g/mol.